The lowest BCUT2D eigenvalue weighted by Crippen LogP contribution is -2.14. The van der Waals surface area contributed by atoms with Crippen LogP contribution >= 0.6 is 11.8 Å². The number of aryl methyl sites for hydroxylation is 2. The molecule has 0 saturated carbocycles. The van der Waals surface area contributed by atoms with Crippen LogP contribution in [0.5, 0.6) is 0 Å². The van der Waals surface area contributed by atoms with Crippen molar-refractivity contribution < 1.29 is 9.53 Å². The molecule has 0 N–H and O–H groups in total. The number of ether oxygens (including phenoxy) is 1. The number of methoxy groups -OCH3 is 1. The summed E-state index contributed by atoms with van der Waals surface area (Å²) in [5, 5.41) is 2.05. The number of nitrogens with zero attached hydrogens (tertiary/aromatic N) is 2. The second-order valence-corrected chi connectivity index (χ2v) is 7.96. The summed E-state index contributed by atoms with van der Waals surface area (Å²) < 4.78 is 7.45. The zero-order valence-electron chi connectivity index (χ0n) is 16.6. The van der Waals surface area contributed by atoms with Crippen LogP contribution in [0.1, 0.15) is 40.3 Å². The number of carbonyl (C=O) groups is 1. The van der Waals surface area contributed by atoms with Gasteiger partial charge in [0.15, 0.2) is 5.78 Å². The Hall–Kier alpha value is -2.11. The number of thioether (sulfide) groups is 1. The summed E-state index contributed by atoms with van der Waals surface area (Å²) in [6.07, 6.45) is 0. The molecule has 1 aromatic carbocycles. The molecule has 0 aliphatic carbocycles. The third-order valence-electron chi connectivity index (χ3n) is 4.88. The minimum Gasteiger partial charge on any atom is -0.383 e. The van der Waals surface area contributed by atoms with Gasteiger partial charge in [-0.2, -0.15) is 0 Å². The summed E-state index contributed by atoms with van der Waals surface area (Å²) in [7, 11) is 1.70. The van der Waals surface area contributed by atoms with E-state index in [1.807, 2.05) is 38.1 Å². The number of aromatic nitrogens is 2. The average molecular weight is 383 g/mol. The molecule has 1 atom stereocenters. The van der Waals surface area contributed by atoms with Crippen molar-refractivity contribution in [2.24, 2.45) is 0 Å². The smallest absolute Gasteiger partial charge is 0.174 e. The quantitative estimate of drug-likeness (QED) is 0.419. The SMILES string of the molecule is COC[C@H](C)n1c(C)cc(C(=O)CSc2cc(C)c3ccccc3n2)c1C. The second-order valence-electron chi connectivity index (χ2n) is 6.97. The molecule has 0 aliphatic heterocycles. The average Bonchev–Trinajstić information content (AvgIpc) is 2.94. The van der Waals surface area contributed by atoms with E-state index in [1.165, 1.54) is 17.3 Å². The molecule has 0 saturated heterocycles. The molecule has 0 amide bonds. The highest BCUT2D eigenvalue weighted by molar-refractivity contribution is 7.99. The molecular formula is C22H26N2O2S. The summed E-state index contributed by atoms with van der Waals surface area (Å²) in [4.78, 5) is 17.5. The fraction of sp³-hybridized carbons (Fsp3) is 0.364. The molecule has 0 unspecified atom stereocenters. The lowest BCUT2D eigenvalue weighted by atomic mass is 10.1. The number of hydrogen-bond donors (Lipinski definition) is 0. The largest absolute Gasteiger partial charge is 0.383 e. The number of Topliss-reactive ketones (excluding diaryl/α,β-unsaturated/α-hetero) is 1. The number of carbonyl (C=O) groups excluding carboxylic acids is 1. The van der Waals surface area contributed by atoms with Crippen LogP contribution in [0.25, 0.3) is 10.9 Å². The number of rotatable bonds is 7. The first-order chi connectivity index (χ1) is 12.9. The van der Waals surface area contributed by atoms with Crippen molar-refractivity contribution in [1.82, 2.24) is 9.55 Å². The van der Waals surface area contributed by atoms with Crippen LogP contribution in [0.2, 0.25) is 0 Å². The van der Waals surface area contributed by atoms with Crippen molar-refractivity contribution >= 4 is 28.4 Å². The van der Waals surface area contributed by atoms with Gasteiger partial charge in [-0.25, -0.2) is 4.98 Å². The highest BCUT2D eigenvalue weighted by Gasteiger charge is 2.19. The highest BCUT2D eigenvalue weighted by Crippen LogP contribution is 2.26. The van der Waals surface area contributed by atoms with Crippen molar-refractivity contribution in [2.45, 2.75) is 38.8 Å². The van der Waals surface area contributed by atoms with Gasteiger partial charge in [0.25, 0.3) is 0 Å². The summed E-state index contributed by atoms with van der Waals surface area (Å²) in [5.41, 5.74) is 5.04. The molecule has 27 heavy (non-hydrogen) atoms. The molecule has 2 heterocycles. The van der Waals surface area contributed by atoms with E-state index >= 15 is 0 Å². The zero-order chi connectivity index (χ0) is 19.6. The minimum atomic E-state index is 0.136. The van der Waals surface area contributed by atoms with Crippen molar-refractivity contribution in [1.29, 1.82) is 0 Å². The Labute approximate surface area is 164 Å². The summed E-state index contributed by atoms with van der Waals surface area (Å²) in [6.45, 7) is 8.86. The number of ketones is 1. The first-order valence-electron chi connectivity index (χ1n) is 9.12. The Morgan fingerprint density at radius 3 is 2.70 bits per heavy atom. The standard InChI is InChI=1S/C22H26N2O2S/c1-14-10-22(23-20-9-7-6-8-18(14)20)27-13-21(25)19-11-15(2)24(17(19)4)16(3)12-26-5/h6-11,16H,12-13H2,1-5H3/t16-/m0/s1. The van der Waals surface area contributed by atoms with Gasteiger partial charge in [-0.3, -0.25) is 4.79 Å². The van der Waals surface area contributed by atoms with Crippen LogP contribution in [-0.4, -0.2) is 34.8 Å². The molecule has 0 bridgehead atoms. The highest BCUT2D eigenvalue weighted by atomic mass is 32.2. The van der Waals surface area contributed by atoms with E-state index in [1.54, 1.807) is 7.11 Å². The number of para-hydroxylation sites is 1. The van der Waals surface area contributed by atoms with Crippen LogP contribution in [0.4, 0.5) is 0 Å². The normalized spacial score (nSPS) is 12.5. The number of hydrogen-bond acceptors (Lipinski definition) is 4. The van der Waals surface area contributed by atoms with Gasteiger partial charge in [0.05, 0.1) is 28.9 Å². The van der Waals surface area contributed by atoms with Gasteiger partial charge >= 0.3 is 0 Å². The predicted molar refractivity (Wildman–Crippen MR) is 112 cm³/mol. The predicted octanol–water partition coefficient (Wildman–Crippen LogP) is 5.14. The van der Waals surface area contributed by atoms with Gasteiger partial charge in [-0.1, -0.05) is 30.0 Å². The van der Waals surface area contributed by atoms with E-state index in [9.17, 15) is 4.79 Å². The van der Waals surface area contributed by atoms with Crippen molar-refractivity contribution in [3.63, 3.8) is 0 Å². The number of fused-ring (bicyclic) bond motifs is 1. The van der Waals surface area contributed by atoms with Crippen LogP contribution in [-0.2, 0) is 4.74 Å². The maximum atomic E-state index is 12.8. The zero-order valence-corrected chi connectivity index (χ0v) is 17.4. The van der Waals surface area contributed by atoms with Crippen LogP contribution in [0.15, 0.2) is 41.4 Å². The first kappa shape index (κ1) is 19.6. The molecule has 4 nitrogen and oxygen atoms in total. The molecule has 2 aromatic heterocycles. The summed E-state index contributed by atoms with van der Waals surface area (Å²) >= 11 is 1.50. The minimum absolute atomic E-state index is 0.136. The fourth-order valence-electron chi connectivity index (χ4n) is 3.66. The van der Waals surface area contributed by atoms with Crippen LogP contribution in [0, 0.1) is 20.8 Å². The van der Waals surface area contributed by atoms with E-state index in [-0.39, 0.29) is 11.8 Å². The Morgan fingerprint density at radius 1 is 1.22 bits per heavy atom. The van der Waals surface area contributed by atoms with Gasteiger partial charge < -0.3 is 9.30 Å². The molecule has 3 rings (SSSR count). The van der Waals surface area contributed by atoms with Gasteiger partial charge in [0, 0.05) is 29.4 Å². The van der Waals surface area contributed by atoms with E-state index < -0.39 is 0 Å². The number of pyridine rings is 1. The lowest BCUT2D eigenvalue weighted by Gasteiger charge is -2.17. The van der Waals surface area contributed by atoms with Crippen LogP contribution < -0.4 is 0 Å². The van der Waals surface area contributed by atoms with E-state index in [0.717, 1.165) is 32.9 Å². The molecule has 5 heteroatoms. The third kappa shape index (κ3) is 4.09. The summed E-state index contributed by atoms with van der Waals surface area (Å²) in [6, 6.07) is 12.4. The van der Waals surface area contributed by atoms with Crippen molar-refractivity contribution in [3.8, 4) is 0 Å². The fourth-order valence-corrected chi connectivity index (χ4v) is 4.52. The maximum Gasteiger partial charge on any atom is 0.174 e. The monoisotopic (exact) mass is 382 g/mol. The number of benzene rings is 1. The Balaban J connectivity index is 1.78. The van der Waals surface area contributed by atoms with Crippen LogP contribution in [0.3, 0.4) is 0 Å². The first-order valence-corrected chi connectivity index (χ1v) is 10.1. The maximum absolute atomic E-state index is 12.8. The molecule has 3 aromatic rings. The Bertz CT molecular complexity index is 978. The Morgan fingerprint density at radius 2 is 1.96 bits per heavy atom. The van der Waals surface area contributed by atoms with Gasteiger partial charge in [0.1, 0.15) is 0 Å². The van der Waals surface area contributed by atoms with Crippen molar-refractivity contribution in [2.75, 3.05) is 19.5 Å². The molecule has 0 aliphatic rings. The van der Waals surface area contributed by atoms with Gasteiger partial charge in [-0.05, 0) is 51.5 Å². The molecule has 0 fully saturated rings. The molecular weight excluding hydrogens is 356 g/mol. The van der Waals surface area contributed by atoms with Crippen molar-refractivity contribution in [3.05, 3.63) is 58.9 Å². The molecule has 0 spiro atoms. The lowest BCUT2D eigenvalue weighted by molar-refractivity contribution is 0.102. The van der Waals surface area contributed by atoms with E-state index in [4.69, 9.17) is 4.74 Å². The van der Waals surface area contributed by atoms with Gasteiger partial charge in [-0.15, -0.1) is 0 Å². The topological polar surface area (TPSA) is 44.1 Å². The van der Waals surface area contributed by atoms with E-state index in [2.05, 4.69) is 35.5 Å². The molecule has 0 radical (unpaired) electrons. The summed E-state index contributed by atoms with van der Waals surface area (Å²) in [5.74, 6) is 0.518. The van der Waals surface area contributed by atoms with Gasteiger partial charge in [0.2, 0.25) is 0 Å². The second kappa shape index (κ2) is 8.28. The third-order valence-corrected chi connectivity index (χ3v) is 5.80. The van der Waals surface area contributed by atoms with E-state index in [0.29, 0.717) is 12.4 Å². The Kier molecular flexibility index (Phi) is 6.02. The molecule has 142 valence electrons.